The van der Waals surface area contributed by atoms with Crippen LogP contribution in [0.1, 0.15) is 6.42 Å². The van der Waals surface area contributed by atoms with Crippen LogP contribution in [0, 0.1) is 0 Å². The maximum atomic E-state index is 5.72. The van der Waals surface area contributed by atoms with Gasteiger partial charge in [-0.15, -0.1) is 0 Å². The quantitative estimate of drug-likeness (QED) is 0.687. The summed E-state index contributed by atoms with van der Waals surface area (Å²) in [4.78, 5) is 0. The Hall–Kier alpha value is -1.06. The SMILES string of the molecule is NN1CCC(Oc2ccccc2)C1. The van der Waals surface area contributed by atoms with E-state index in [0.717, 1.165) is 25.3 Å². The normalized spacial score (nSPS) is 23.3. The minimum atomic E-state index is 0.257. The van der Waals surface area contributed by atoms with Crippen molar-refractivity contribution < 1.29 is 4.74 Å². The van der Waals surface area contributed by atoms with Crippen LogP contribution in [-0.2, 0) is 0 Å². The predicted octanol–water partition coefficient (Wildman–Crippen LogP) is 1.01. The lowest BCUT2D eigenvalue weighted by molar-refractivity contribution is 0.201. The van der Waals surface area contributed by atoms with Gasteiger partial charge in [0.1, 0.15) is 11.9 Å². The van der Waals surface area contributed by atoms with E-state index in [2.05, 4.69) is 0 Å². The lowest BCUT2D eigenvalue weighted by Crippen LogP contribution is -2.30. The van der Waals surface area contributed by atoms with Gasteiger partial charge in [0.05, 0.1) is 0 Å². The van der Waals surface area contributed by atoms with Crippen LogP contribution in [0.3, 0.4) is 0 Å². The molecule has 1 unspecified atom stereocenters. The molecule has 1 saturated heterocycles. The third-order valence-electron chi connectivity index (χ3n) is 2.22. The van der Waals surface area contributed by atoms with Crippen molar-refractivity contribution in [2.45, 2.75) is 12.5 Å². The van der Waals surface area contributed by atoms with Crippen molar-refractivity contribution in [2.75, 3.05) is 13.1 Å². The summed E-state index contributed by atoms with van der Waals surface area (Å²) in [6, 6.07) is 9.88. The van der Waals surface area contributed by atoms with Crippen molar-refractivity contribution >= 4 is 0 Å². The van der Waals surface area contributed by atoms with Crippen molar-refractivity contribution in [3.8, 4) is 5.75 Å². The van der Waals surface area contributed by atoms with Crippen LogP contribution in [-0.4, -0.2) is 24.2 Å². The molecule has 3 nitrogen and oxygen atoms in total. The molecule has 0 saturated carbocycles. The van der Waals surface area contributed by atoms with E-state index in [0.29, 0.717) is 0 Å². The molecule has 1 aliphatic rings. The number of benzene rings is 1. The van der Waals surface area contributed by atoms with Gasteiger partial charge in [-0.25, -0.2) is 5.01 Å². The fourth-order valence-corrected chi connectivity index (χ4v) is 1.54. The largest absolute Gasteiger partial charge is 0.489 e. The van der Waals surface area contributed by atoms with Crippen LogP contribution in [0.25, 0.3) is 0 Å². The third-order valence-corrected chi connectivity index (χ3v) is 2.22. The smallest absolute Gasteiger partial charge is 0.119 e. The number of hydrazine groups is 1. The molecular weight excluding hydrogens is 164 g/mol. The van der Waals surface area contributed by atoms with Gasteiger partial charge in [-0.3, -0.25) is 5.84 Å². The Morgan fingerprint density at radius 3 is 2.69 bits per heavy atom. The molecule has 0 spiro atoms. The molecule has 1 atom stereocenters. The Balaban J connectivity index is 1.92. The van der Waals surface area contributed by atoms with Gasteiger partial charge in [-0.1, -0.05) is 18.2 Å². The average Bonchev–Trinajstić information content (AvgIpc) is 2.53. The van der Waals surface area contributed by atoms with Gasteiger partial charge in [-0.2, -0.15) is 0 Å². The summed E-state index contributed by atoms with van der Waals surface area (Å²) in [6.07, 6.45) is 1.28. The lowest BCUT2D eigenvalue weighted by Gasteiger charge is -2.12. The van der Waals surface area contributed by atoms with E-state index in [4.69, 9.17) is 10.6 Å². The first-order valence-electron chi connectivity index (χ1n) is 4.56. The second-order valence-corrected chi connectivity index (χ2v) is 3.34. The summed E-state index contributed by atoms with van der Waals surface area (Å²) in [5, 5.41) is 1.80. The van der Waals surface area contributed by atoms with Crippen molar-refractivity contribution in [3.63, 3.8) is 0 Å². The molecule has 70 valence electrons. The van der Waals surface area contributed by atoms with E-state index in [1.807, 2.05) is 30.3 Å². The maximum absolute atomic E-state index is 5.72. The molecule has 1 fully saturated rings. The molecule has 0 aromatic heterocycles. The highest BCUT2D eigenvalue weighted by atomic mass is 16.5. The number of rotatable bonds is 2. The zero-order chi connectivity index (χ0) is 9.10. The fourth-order valence-electron chi connectivity index (χ4n) is 1.54. The van der Waals surface area contributed by atoms with E-state index in [1.54, 1.807) is 5.01 Å². The first kappa shape index (κ1) is 8.53. The molecule has 2 rings (SSSR count). The van der Waals surface area contributed by atoms with Crippen LogP contribution in [0.2, 0.25) is 0 Å². The first-order chi connectivity index (χ1) is 6.34. The van der Waals surface area contributed by atoms with Gasteiger partial charge >= 0.3 is 0 Å². The predicted molar refractivity (Wildman–Crippen MR) is 51.2 cm³/mol. The van der Waals surface area contributed by atoms with Crippen molar-refractivity contribution in [1.82, 2.24) is 5.01 Å². The Labute approximate surface area is 78.1 Å². The number of hydrogen-bond acceptors (Lipinski definition) is 3. The Morgan fingerprint density at radius 1 is 1.31 bits per heavy atom. The van der Waals surface area contributed by atoms with E-state index in [9.17, 15) is 0 Å². The summed E-state index contributed by atoms with van der Waals surface area (Å²) in [7, 11) is 0. The van der Waals surface area contributed by atoms with Crippen LogP contribution in [0.4, 0.5) is 0 Å². The Bertz CT molecular complexity index is 263. The zero-order valence-corrected chi connectivity index (χ0v) is 7.52. The topological polar surface area (TPSA) is 38.5 Å². The number of para-hydroxylation sites is 1. The minimum Gasteiger partial charge on any atom is -0.489 e. The summed E-state index contributed by atoms with van der Waals surface area (Å²) < 4.78 is 5.72. The van der Waals surface area contributed by atoms with Crippen molar-refractivity contribution in [2.24, 2.45) is 5.84 Å². The van der Waals surface area contributed by atoms with Gasteiger partial charge in [0.15, 0.2) is 0 Å². The van der Waals surface area contributed by atoms with Gasteiger partial charge in [0, 0.05) is 13.1 Å². The van der Waals surface area contributed by atoms with E-state index >= 15 is 0 Å². The summed E-state index contributed by atoms with van der Waals surface area (Å²) in [5.41, 5.74) is 0. The van der Waals surface area contributed by atoms with E-state index in [-0.39, 0.29) is 6.10 Å². The highest BCUT2D eigenvalue weighted by Gasteiger charge is 2.21. The number of ether oxygens (including phenoxy) is 1. The van der Waals surface area contributed by atoms with Crippen molar-refractivity contribution in [3.05, 3.63) is 30.3 Å². The van der Waals surface area contributed by atoms with E-state index < -0.39 is 0 Å². The molecule has 0 aliphatic carbocycles. The Kier molecular flexibility index (Phi) is 2.47. The Morgan fingerprint density at radius 2 is 2.08 bits per heavy atom. The summed E-state index contributed by atoms with van der Waals surface area (Å²) in [5.74, 6) is 6.57. The minimum absolute atomic E-state index is 0.257. The van der Waals surface area contributed by atoms with Gasteiger partial charge < -0.3 is 4.74 Å². The third kappa shape index (κ3) is 2.20. The zero-order valence-electron chi connectivity index (χ0n) is 7.52. The average molecular weight is 178 g/mol. The van der Waals surface area contributed by atoms with Crippen LogP contribution in [0.15, 0.2) is 30.3 Å². The fraction of sp³-hybridized carbons (Fsp3) is 0.400. The van der Waals surface area contributed by atoms with Crippen LogP contribution < -0.4 is 10.6 Å². The van der Waals surface area contributed by atoms with Gasteiger partial charge in [0.2, 0.25) is 0 Å². The van der Waals surface area contributed by atoms with Gasteiger partial charge in [0.25, 0.3) is 0 Å². The molecule has 1 heterocycles. The molecule has 1 aliphatic heterocycles. The number of hydrogen-bond donors (Lipinski definition) is 1. The molecule has 1 aromatic rings. The molecule has 1 aromatic carbocycles. The monoisotopic (exact) mass is 178 g/mol. The number of nitrogens with two attached hydrogens (primary N) is 1. The molecule has 0 bridgehead atoms. The first-order valence-corrected chi connectivity index (χ1v) is 4.56. The highest BCUT2D eigenvalue weighted by molar-refractivity contribution is 5.21. The second-order valence-electron chi connectivity index (χ2n) is 3.34. The summed E-state index contributed by atoms with van der Waals surface area (Å²) in [6.45, 7) is 1.76. The van der Waals surface area contributed by atoms with Gasteiger partial charge in [-0.05, 0) is 18.6 Å². The molecule has 13 heavy (non-hydrogen) atoms. The molecular formula is C10H14N2O. The lowest BCUT2D eigenvalue weighted by atomic mass is 10.3. The maximum Gasteiger partial charge on any atom is 0.119 e. The highest BCUT2D eigenvalue weighted by Crippen LogP contribution is 2.15. The molecule has 0 amide bonds. The second kappa shape index (κ2) is 3.77. The summed E-state index contributed by atoms with van der Waals surface area (Å²) >= 11 is 0. The van der Waals surface area contributed by atoms with Crippen LogP contribution >= 0.6 is 0 Å². The number of nitrogens with zero attached hydrogens (tertiary/aromatic N) is 1. The van der Waals surface area contributed by atoms with E-state index in [1.165, 1.54) is 0 Å². The standard InChI is InChI=1S/C10H14N2O/c11-12-7-6-10(8-12)13-9-4-2-1-3-5-9/h1-5,10H,6-8,11H2. The van der Waals surface area contributed by atoms with Crippen LogP contribution in [0.5, 0.6) is 5.75 Å². The van der Waals surface area contributed by atoms with Crippen molar-refractivity contribution in [1.29, 1.82) is 0 Å². The molecule has 3 heteroatoms. The molecule has 0 radical (unpaired) electrons. The molecule has 2 N–H and O–H groups in total.